The number of aryl methyl sites for hydroxylation is 1. The fourth-order valence-corrected chi connectivity index (χ4v) is 6.83. The lowest BCUT2D eigenvalue weighted by Gasteiger charge is -2.27. The van der Waals surface area contributed by atoms with E-state index in [2.05, 4.69) is 4.72 Å². The summed E-state index contributed by atoms with van der Waals surface area (Å²) in [6.45, 7) is 5.63. The maximum atomic E-state index is 13.2. The van der Waals surface area contributed by atoms with Crippen LogP contribution in [0.4, 0.5) is 0 Å². The van der Waals surface area contributed by atoms with Gasteiger partial charge < -0.3 is 4.90 Å². The Kier molecular flexibility index (Phi) is 6.88. The molecule has 9 heteroatoms. The van der Waals surface area contributed by atoms with Gasteiger partial charge in [0.1, 0.15) is 6.04 Å². The Bertz CT molecular complexity index is 1150. The molecule has 1 aliphatic heterocycles. The highest BCUT2D eigenvalue weighted by atomic mass is 32.2. The van der Waals surface area contributed by atoms with Gasteiger partial charge in [0.05, 0.1) is 15.0 Å². The van der Waals surface area contributed by atoms with E-state index in [1.54, 1.807) is 69.3 Å². The molecular formula is C22H28N2O5S2. The van der Waals surface area contributed by atoms with Gasteiger partial charge in [0, 0.05) is 13.1 Å². The van der Waals surface area contributed by atoms with Crippen LogP contribution in [-0.2, 0) is 24.7 Å². The molecule has 7 nitrogen and oxygen atoms in total. The summed E-state index contributed by atoms with van der Waals surface area (Å²) in [5.41, 5.74) is 0.795. The fourth-order valence-electron chi connectivity index (χ4n) is 3.67. The van der Waals surface area contributed by atoms with Gasteiger partial charge >= 0.3 is 0 Å². The lowest BCUT2D eigenvalue weighted by atomic mass is 10.0. The predicted molar refractivity (Wildman–Crippen MR) is 119 cm³/mol. The predicted octanol–water partition coefficient (Wildman–Crippen LogP) is 2.37. The molecule has 2 atom stereocenters. The summed E-state index contributed by atoms with van der Waals surface area (Å²) in [7, 11) is -7.47. The van der Waals surface area contributed by atoms with Crippen LogP contribution in [0.2, 0.25) is 0 Å². The van der Waals surface area contributed by atoms with Crippen LogP contribution < -0.4 is 4.72 Å². The molecule has 1 amide bonds. The monoisotopic (exact) mass is 464 g/mol. The van der Waals surface area contributed by atoms with Crippen LogP contribution >= 0.6 is 0 Å². The van der Waals surface area contributed by atoms with E-state index < -0.39 is 37.1 Å². The Morgan fingerprint density at radius 2 is 1.65 bits per heavy atom. The number of hydrogen-bond donors (Lipinski definition) is 1. The number of nitrogens with one attached hydrogen (secondary N) is 1. The number of amides is 1. The molecule has 1 N–H and O–H groups in total. The Labute approximate surface area is 184 Å². The van der Waals surface area contributed by atoms with E-state index in [1.807, 2.05) is 0 Å². The third kappa shape index (κ3) is 5.16. The van der Waals surface area contributed by atoms with Crippen LogP contribution in [0, 0.1) is 12.8 Å². The zero-order valence-corrected chi connectivity index (χ0v) is 19.5. The van der Waals surface area contributed by atoms with Crippen molar-refractivity contribution in [2.45, 2.75) is 48.3 Å². The average molecular weight is 465 g/mol. The molecule has 0 aliphatic carbocycles. The third-order valence-electron chi connectivity index (χ3n) is 5.48. The van der Waals surface area contributed by atoms with E-state index in [9.17, 15) is 21.6 Å². The van der Waals surface area contributed by atoms with Crippen molar-refractivity contribution in [2.75, 3.05) is 13.1 Å². The fraction of sp³-hybridized carbons (Fsp3) is 0.409. The summed E-state index contributed by atoms with van der Waals surface area (Å²) >= 11 is 0. The number of rotatable bonds is 7. The number of benzene rings is 2. The smallest absolute Gasteiger partial charge is 0.241 e. The SMILES string of the molecule is Cc1cccc(S(=O)(=O)NC(C(=O)N2CCC(S(=O)(=O)c3ccccc3)C2)C(C)C)c1. The van der Waals surface area contributed by atoms with E-state index >= 15 is 0 Å². The van der Waals surface area contributed by atoms with Gasteiger partial charge in [-0.3, -0.25) is 4.79 Å². The Hall–Kier alpha value is -2.23. The first-order valence-corrected chi connectivity index (χ1v) is 13.2. The molecule has 0 aromatic heterocycles. The second-order valence-corrected chi connectivity index (χ2v) is 12.2. The van der Waals surface area contributed by atoms with Crippen molar-refractivity contribution in [3.8, 4) is 0 Å². The summed E-state index contributed by atoms with van der Waals surface area (Å²) in [6, 6.07) is 13.7. The van der Waals surface area contributed by atoms with E-state index in [0.29, 0.717) is 6.42 Å². The maximum absolute atomic E-state index is 13.2. The lowest BCUT2D eigenvalue weighted by Crippen LogP contribution is -2.50. The van der Waals surface area contributed by atoms with Crippen LogP contribution in [0.3, 0.4) is 0 Å². The molecule has 1 aliphatic rings. The van der Waals surface area contributed by atoms with Gasteiger partial charge in [-0.1, -0.05) is 44.2 Å². The van der Waals surface area contributed by atoms with Gasteiger partial charge in [-0.05, 0) is 49.1 Å². The number of sulfonamides is 1. The molecule has 2 unspecified atom stereocenters. The molecule has 0 saturated carbocycles. The largest absolute Gasteiger partial charge is 0.340 e. The van der Waals surface area contributed by atoms with Crippen molar-refractivity contribution in [3.05, 3.63) is 60.2 Å². The van der Waals surface area contributed by atoms with Gasteiger partial charge in [-0.15, -0.1) is 0 Å². The van der Waals surface area contributed by atoms with E-state index in [0.717, 1.165) is 5.56 Å². The average Bonchev–Trinajstić information content (AvgIpc) is 3.23. The molecule has 1 fully saturated rings. The van der Waals surface area contributed by atoms with Gasteiger partial charge in [0.25, 0.3) is 0 Å². The van der Waals surface area contributed by atoms with Crippen LogP contribution in [0.1, 0.15) is 25.8 Å². The minimum absolute atomic E-state index is 0.0471. The first kappa shape index (κ1) is 23.4. The van der Waals surface area contributed by atoms with Gasteiger partial charge in [-0.2, -0.15) is 4.72 Å². The molecule has 168 valence electrons. The first-order chi connectivity index (χ1) is 14.5. The minimum atomic E-state index is -3.90. The van der Waals surface area contributed by atoms with Crippen LogP contribution in [0.5, 0.6) is 0 Å². The van der Waals surface area contributed by atoms with Crippen molar-refractivity contribution >= 4 is 25.8 Å². The number of hydrogen-bond acceptors (Lipinski definition) is 5. The molecular weight excluding hydrogens is 436 g/mol. The van der Waals surface area contributed by atoms with Crippen molar-refractivity contribution in [2.24, 2.45) is 5.92 Å². The Morgan fingerprint density at radius 1 is 1.00 bits per heavy atom. The van der Waals surface area contributed by atoms with E-state index in [-0.39, 0.29) is 28.8 Å². The standard InChI is InChI=1S/C22H28N2O5S2/c1-16(2)21(23-31(28,29)19-11-7-8-17(3)14-19)22(25)24-13-12-20(15-24)30(26,27)18-9-5-4-6-10-18/h4-11,14,16,20-21,23H,12-13,15H2,1-3H3. The summed E-state index contributed by atoms with van der Waals surface area (Å²) in [4.78, 5) is 15.0. The molecule has 1 saturated heterocycles. The molecule has 2 aromatic carbocycles. The van der Waals surface area contributed by atoms with Crippen LogP contribution in [0.15, 0.2) is 64.4 Å². The number of likely N-dealkylation sites (tertiary alicyclic amines) is 1. The second kappa shape index (κ2) is 9.10. The summed E-state index contributed by atoms with van der Waals surface area (Å²) < 4.78 is 54.0. The normalized spacial score (nSPS) is 18.3. The Balaban J connectivity index is 1.77. The molecule has 1 heterocycles. The minimum Gasteiger partial charge on any atom is -0.340 e. The molecule has 31 heavy (non-hydrogen) atoms. The highest BCUT2D eigenvalue weighted by Gasteiger charge is 2.39. The van der Waals surface area contributed by atoms with Crippen molar-refractivity contribution < 1.29 is 21.6 Å². The highest BCUT2D eigenvalue weighted by Crippen LogP contribution is 2.25. The van der Waals surface area contributed by atoms with E-state index in [4.69, 9.17) is 0 Å². The molecule has 2 aromatic rings. The third-order valence-corrected chi connectivity index (χ3v) is 9.11. The Morgan fingerprint density at radius 3 is 2.26 bits per heavy atom. The lowest BCUT2D eigenvalue weighted by molar-refractivity contribution is -0.132. The number of carbonyl (C=O) groups is 1. The van der Waals surface area contributed by atoms with Crippen molar-refractivity contribution in [1.82, 2.24) is 9.62 Å². The van der Waals surface area contributed by atoms with Gasteiger partial charge in [-0.25, -0.2) is 16.8 Å². The topological polar surface area (TPSA) is 101 Å². The molecule has 0 spiro atoms. The molecule has 3 rings (SSSR count). The van der Waals surface area contributed by atoms with Gasteiger partial charge in [0.15, 0.2) is 9.84 Å². The summed E-state index contributed by atoms with van der Waals surface area (Å²) in [6.07, 6.45) is 0.318. The van der Waals surface area contributed by atoms with Crippen LogP contribution in [-0.4, -0.2) is 52.0 Å². The molecule has 0 radical (unpaired) electrons. The van der Waals surface area contributed by atoms with Crippen molar-refractivity contribution in [1.29, 1.82) is 0 Å². The van der Waals surface area contributed by atoms with Gasteiger partial charge in [0.2, 0.25) is 15.9 Å². The number of sulfone groups is 1. The zero-order chi connectivity index (χ0) is 22.8. The van der Waals surface area contributed by atoms with Crippen LogP contribution in [0.25, 0.3) is 0 Å². The number of nitrogens with zero attached hydrogens (tertiary/aromatic N) is 1. The zero-order valence-electron chi connectivity index (χ0n) is 17.9. The summed E-state index contributed by atoms with van der Waals surface area (Å²) in [5, 5.41) is -0.708. The number of carbonyl (C=O) groups excluding carboxylic acids is 1. The van der Waals surface area contributed by atoms with Crippen molar-refractivity contribution in [3.63, 3.8) is 0 Å². The quantitative estimate of drug-likeness (QED) is 0.678. The highest BCUT2D eigenvalue weighted by molar-refractivity contribution is 7.92. The first-order valence-electron chi connectivity index (χ1n) is 10.2. The summed E-state index contributed by atoms with van der Waals surface area (Å²) in [5.74, 6) is -0.714. The maximum Gasteiger partial charge on any atom is 0.241 e. The second-order valence-electron chi connectivity index (χ2n) is 8.21. The molecule has 0 bridgehead atoms. The van der Waals surface area contributed by atoms with E-state index in [1.165, 1.54) is 11.0 Å².